The lowest BCUT2D eigenvalue weighted by Gasteiger charge is -2.20. The van der Waals surface area contributed by atoms with Crippen LogP contribution in [-0.4, -0.2) is 36.5 Å². The summed E-state index contributed by atoms with van der Waals surface area (Å²) in [7, 11) is 0. The third-order valence-electron chi connectivity index (χ3n) is 3.49. The van der Waals surface area contributed by atoms with E-state index in [1.54, 1.807) is 0 Å². The molecule has 1 saturated heterocycles. The molecule has 2 fully saturated rings. The Bertz CT molecular complexity index is 226. The van der Waals surface area contributed by atoms with Gasteiger partial charge in [0.15, 0.2) is 0 Å². The van der Waals surface area contributed by atoms with Crippen LogP contribution < -0.4 is 5.32 Å². The summed E-state index contributed by atoms with van der Waals surface area (Å²) >= 11 is 0. The molecule has 86 valence electrons. The zero-order valence-electron chi connectivity index (χ0n) is 9.67. The fraction of sp³-hybridized carbons (Fsp3) is 0.917. The number of nitrogens with zero attached hydrogens (tertiary/aromatic N) is 1. The second kappa shape index (κ2) is 4.97. The standard InChI is InChI=1S/C12H22N2O/c1-10-3-2-7-14(8-6-10)12(15)9-13-11-4-5-11/h10-11,13H,2-9H2,1H3. The number of carbonyl (C=O) groups is 1. The number of rotatable bonds is 3. The summed E-state index contributed by atoms with van der Waals surface area (Å²) in [5, 5.41) is 3.29. The molecule has 1 aliphatic heterocycles. The van der Waals surface area contributed by atoms with Crippen molar-refractivity contribution in [1.29, 1.82) is 0 Å². The number of hydrogen-bond acceptors (Lipinski definition) is 2. The maximum atomic E-state index is 11.9. The molecule has 1 atom stereocenters. The minimum absolute atomic E-state index is 0.302. The average molecular weight is 210 g/mol. The van der Waals surface area contributed by atoms with Gasteiger partial charge in [0.2, 0.25) is 5.91 Å². The lowest BCUT2D eigenvalue weighted by molar-refractivity contribution is -0.130. The van der Waals surface area contributed by atoms with Gasteiger partial charge in [0.1, 0.15) is 0 Å². The highest BCUT2D eigenvalue weighted by Crippen LogP contribution is 2.19. The minimum atomic E-state index is 0.302. The molecule has 0 aromatic carbocycles. The molecule has 0 radical (unpaired) electrons. The van der Waals surface area contributed by atoms with E-state index in [9.17, 15) is 4.79 Å². The summed E-state index contributed by atoms with van der Waals surface area (Å²) in [5.41, 5.74) is 0. The third-order valence-corrected chi connectivity index (χ3v) is 3.49. The highest BCUT2D eigenvalue weighted by atomic mass is 16.2. The van der Waals surface area contributed by atoms with Crippen molar-refractivity contribution < 1.29 is 4.79 Å². The second-order valence-electron chi connectivity index (χ2n) is 5.07. The average Bonchev–Trinajstić information content (AvgIpc) is 3.02. The Morgan fingerprint density at radius 2 is 2.07 bits per heavy atom. The fourth-order valence-corrected chi connectivity index (χ4v) is 2.14. The quantitative estimate of drug-likeness (QED) is 0.763. The lowest BCUT2D eigenvalue weighted by Crippen LogP contribution is -2.39. The van der Waals surface area contributed by atoms with Crippen LogP contribution in [0.5, 0.6) is 0 Å². The molecule has 3 heteroatoms. The molecule has 1 aliphatic carbocycles. The Kier molecular flexibility index (Phi) is 3.62. The molecule has 1 saturated carbocycles. The van der Waals surface area contributed by atoms with E-state index in [4.69, 9.17) is 0 Å². The molecule has 1 N–H and O–H groups in total. The largest absolute Gasteiger partial charge is 0.342 e. The van der Waals surface area contributed by atoms with Crippen LogP contribution in [0, 0.1) is 5.92 Å². The Morgan fingerprint density at radius 3 is 2.80 bits per heavy atom. The first-order chi connectivity index (χ1) is 7.25. The molecule has 0 spiro atoms. The second-order valence-corrected chi connectivity index (χ2v) is 5.07. The SMILES string of the molecule is CC1CCCN(C(=O)CNC2CC2)CC1. The molecule has 1 heterocycles. The van der Waals surface area contributed by atoms with Gasteiger partial charge in [0, 0.05) is 19.1 Å². The number of nitrogens with one attached hydrogen (secondary N) is 1. The molecule has 2 rings (SSSR count). The van der Waals surface area contributed by atoms with Crippen molar-refractivity contribution in [3.05, 3.63) is 0 Å². The summed E-state index contributed by atoms with van der Waals surface area (Å²) in [6, 6.07) is 0.639. The minimum Gasteiger partial charge on any atom is -0.342 e. The molecule has 0 bridgehead atoms. The maximum absolute atomic E-state index is 11.9. The van der Waals surface area contributed by atoms with Gasteiger partial charge in [-0.1, -0.05) is 6.92 Å². The zero-order valence-corrected chi connectivity index (χ0v) is 9.67. The Morgan fingerprint density at radius 1 is 1.27 bits per heavy atom. The Labute approximate surface area is 92.2 Å². The predicted octanol–water partition coefficient (Wildman–Crippen LogP) is 1.39. The molecule has 1 amide bonds. The molecule has 15 heavy (non-hydrogen) atoms. The smallest absolute Gasteiger partial charge is 0.236 e. The maximum Gasteiger partial charge on any atom is 0.236 e. The van der Waals surface area contributed by atoms with Crippen molar-refractivity contribution in [3.63, 3.8) is 0 Å². The van der Waals surface area contributed by atoms with E-state index < -0.39 is 0 Å². The van der Waals surface area contributed by atoms with Crippen LogP contribution >= 0.6 is 0 Å². The van der Waals surface area contributed by atoms with E-state index >= 15 is 0 Å². The number of carbonyl (C=O) groups excluding carboxylic acids is 1. The predicted molar refractivity (Wildman–Crippen MR) is 60.6 cm³/mol. The first kappa shape index (κ1) is 10.9. The molecule has 0 aromatic rings. The van der Waals surface area contributed by atoms with Gasteiger partial charge in [0.05, 0.1) is 6.54 Å². The van der Waals surface area contributed by atoms with Gasteiger partial charge in [-0.3, -0.25) is 4.79 Å². The van der Waals surface area contributed by atoms with Crippen LogP contribution in [-0.2, 0) is 4.79 Å². The van der Waals surface area contributed by atoms with Crippen LogP contribution in [0.25, 0.3) is 0 Å². The van der Waals surface area contributed by atoms with Crippen LogP contribution in [0.15, 0.2) is 0 Å². The first-order valence-corrected chi connectivity index (χ1v) is 6.27. The van der Waals surface area contributed by atoms with Crippen molar-refractivity contribution in [2.45, 2.75) is 45.1 Å². The number of likely N-dealkylation sites (tertiary alicyclic amines) is 1. The highest BCUT2D eigenvalue weighted by Gasteiger charge is 2.23. The van der Waals surface area contributed by atoms with E-state index in [1.807, 2.05) is 4.90 Å². The van der Waals surface area contributed by atoms with E-state index in [2.05, 4.69) is 12.2 Å². The van der Waals surface area contributed by atoms with Crippen LogP contribution in [0.2, 0.25) is 0 Å². The molecular formula is C12H22N2O. The Hall–Kier alpha value is -0.570. The van der Waals surface area contributed by atoms with Crippen LogP contribution in [0.1, 0.15) is 39.0 Å². The van der Waals surface area contributed by atoms with Crippen LogP contribution in [0.3, 0.4) is 0 Å². The summed E-state index contributed by atoms with van der Waals surface area (Å²) < 4.78 is 0. The lowest BCUT2D eigenvalue weighted by atomic mass is 10.0. The zero-order chi connectivity index (χ0) is 10.7. The van der Waals surface area contributed by atoms with Gasteiger partial charge in [-0.25, -0.2) is 0 Å². The summed E-state index contributed by atoms with van der Waals surface area (Å²) in [6.07, 6.45) is 6.14. The molecule has 0 aromatic heterocycles. The van der Waals surface area contributed by atoms with Crippen molar-refractivity contribution in [1.82, 2.24) is 10.2 Å². The van der Waals surface area contributed by atoms with Gasteiger partial charge in [-0.15, -0.1) is 0 Å². The molecule has 3 nitrogen and oxygen atoms in total. The normalized spacial score (nSPS) is 27.5. The van der Waals surface area contributed by atoms with Gasteiger partial charge in [-0.05, 0) is 38.0 Å². The molecular weight excluding hydrogens is 188 g/mol. The molecule has 2 aliphatic rings. The Balaban J connectivity index is 1.72. The van der Waals surface area contributed by atoms with Crippen LogP contribution in [0.4, 0.5) is 0 Å². The van der Waals surface area contributed by atoms with Gasteiger partial charge in [0.25, 0.3) is 0 Å². The summed E-state index contributed by atoms with van der Waals surface area (Å²) in [4.78, 5) is 13.9. The summed E-state index contributed by atoms with van der Waals surface area (Å²) in [5.74, 6) is 1.09. The van der Waals surface area contributed by atoms with Crippen molar-refractivity contribution >= 4 is 5.91 Å². The van der Waals surface area contributed by atoms with E-state index in [-0.39, 0.29) is 0 Å². The van der Waals surface area contributed by atoms with Crippen molar-refractivity contribution in [2.75, 3.05) is 19.6 Å². The summed E-state index contributed by atoms with van der Waals surface area (Å²) in [6.45, 7) is 4.78. The van der Waals surface area contributed by atoms with Gasteiger partial charge < -0.3 is 10.2 Å². The van der Waals surface area contributed by atoms with Gasteiger partial charge >= 0.3 is 0 Å². The monoisotopic (exact) mass is 210 g/mol. The molecule has 1 unspecified atom stereocenters. The van der Waals surface area contributed by atoms with E-state index in [0.717, 1.165) is 19.0 Å². The third kappa shape index (κ3) is 3.49. The van der Waals surface area contributed by atoms with E-state index in [0.29, 0.717) is 18.5 Å². The number of amides is 1. The fourth-order valence-electron chi connectivity index (χ4n) is 2.14. The van der Waals surface area contributed by atoms with Crippen molar-refractivity contribution in [3.8, 4) is 0 Å². The van der Waals surface area contributed by atoms with E-state index in [1.165, 1.54) is 32.1 Å². The topological polar surface area (TPSA) is 32.3 Å². The van der Waals surface area contributed by atoms with Gasteiger partial charge in [-0.2, -0.15) is 0 Å². The number of hydrogen-bond donors (Lipinski definition) is 1. The highest BCUT2D eigenvalue weighted by molar-refractivity contribution is 5.78. The first-order valence-electron chi connectivity index (χ1n) is 6.27. The van der Waals surface area contributed by atoms with Crippen molar-refractivity contribution in [2.24, 2.45) is 5.92 Å².